The van der Waals surface area contributed by atoms with Gasteiger partial charge < -0.3 is 14.8 Å². The Hall–Kier alpha value is -1.80. The second-order valence-electron chi connectivity index (χ2n) is 5.59. The maximum Gasteiger partial charge on any atom is 0.238 e. The van der Waals surface area contributed by atoms with E-state index in [0.717, 1.165) is 42.1 Å². The zero-order valence-corrected chi connectivity index (χ0v) is 15.2. The SMILES string of the molecule is Cl.NS(=O)(=O)c1ccc(CCNCc2ccc3c(c2)OCCO3)cc1. The summed E-state index contributed by atoms with van der Waals surface area (Å²) in [5.74, 6) is 1.58. The highest BCUT2D eigenvalue weighted by Gasteiger charge is 2.11. The van der Waals surface area contributed by atoms with Crippen LogP contribution in [-0.4, -0.2) is 28.2 Å². The van der Waals surface area contributed by atoms with Gasteiger partial charge in [0.1, 0.15) is 13.2 Å². The van der Waals surface area contributed by atoms with Crippen molar-refractivity contribution in [2.24, 2.45) is 5.14 Å². The first-order valence-corrected chi connectivity index (χ1v) is 9.28. The number of primary sulfonamides is 1. The molecule has 0 saturated carbocycles. The third-order valence-electron chi connectivity index (χ3n) is 3.78. The standard InChI is InChI=1S/C17H20N2O4S.ClH/c18-24(20,21)15-4-1-13(2-5-15)7-8-19-12-14-3-6-16-17(11-14)23-10-9-22-16;/h1-6,11,19H,7-10,12H2,(H2,18,20,21);1H. The molecule has 0 unspecified atom stereocenters. The Bertz CT molecular complexity index is 810. The summed E-state index contributed by atoms with van der Waals surface area (Å²) in [5, 5.41) is 8.44. The number of sulfonamides is 1. The van der Waals surface area contributed by atoms with E-state index in [4.69, 9.17) is 14.6 Å². The number of halogens is 1. The topological polar surface area (TPSA) is 90.7 Å². The molecule has 2 aromatic carbocycles. The van der Waals surface area contributed by atoms with Crippen molar-refractivity contribution in [1.29, 1.82) is 0 Å². The third-order valence-corrected chi connectivity index (χ3v) is 4.71. The second kappa shape index (κ2) is 8.53. The van der Waals surface area contributed by atoms with Gasteiger partial charge >= 0.3 is 0 Å². The van der Waals surface area contributed by atoms with Gasteiger partial charge in [-0.2, -0.15) is 0 Å². The molecule has 1 heterocycles. The predicted octanol–water partition coefficient (Wildman–Crippen LogP) is 1.86. The summed E-state index contributed by atoms with van der Waals surface area (Å²) >= 11 is 0. The Balaban J connectivity index is 0.00000225. The van der Waals surface area contributed by atoms with Gasteiger partial charge in [-0.05, 0) is 48.4 Å². The van der Waals surface area contributed by atoms with Crippen LogP contribution in [0.4, 0.5) is 0 Å². The van der Waals surface area contributed by atoms with Crippen molar-refractivity contribution in [1.82, 2.24) is 5.32 Å². The number of nitrogens with two attached hydrogens (primary N) is 1. The van der Waals surface area contributed by atoms with Crippen molar-refractivity contribution in [2.45, 2.75) is 17.9 Å². The summed E-state index contributed by atoms with van der Waals surface area (Å²) in [7, 11) is -3.63. The Morgan fingerprint density at radius 1 is 0.960 bits per heavy atom. The molecule has 1 aliphatic rings. The molecule has 2 aromatic rings. The van der Waals surface area contributed by atoms with Crippen molar-refractivity contribution < 1.29 is 17.9 Å². The molecule has 0 amide bonds. The molecule has 6 nitrogen and oxygen atoms in total. The largest absolute Gasteiger partial charge is 0.486 e. The molecule has 0 radical (unpaired) electrons. The number of hydrogen-bond donors (Lipinski definition) is 2. The van der Waals surface area contributed by atoms with Gasteiger partial charge in [0.15, 0.2) is 11.5 Å². The van der Waals surface area contributed by atoms with E-state index < -0.39 is 10.0 Å². The summed E-state index contributed by atoms with van der Waals surface area (Å²) in [4.78, 5) is 0.135. The van der Waals surface area contributed by atoms with Gasteiger partial charge in [0.05, 0.1) is 4.90 Å². The molecule has 0 fully saturated rings. The summed E-state index contributed by atoms with van der Waals surface area (Å²) in [6.07, 6.45) is 0.801. The molecule has 136 valence electrons. The van der Waals surface area contributed by atoms with Gasteiger partial charge in [0.2, 0.25) is 10.0 Å². The molecule has 3 rings (SSSR count). The van der Waals surface area contributed by atoms with E-state index in [-0.39, 0.29) is 17.3 Å². The minimum Gasteiger partial charge on any atom is -0.486 e. The molecular formula is C17H21ClN2O4S. The molecule has 0 bridgehead atoms. The number of ether oxygens (including phenoxy) is 2. The fraction of sp³-hybridized carbons (Fsp3) is 0.294. The summed E-state index contributed by atoms with van der Waals surface area (Å²) in [6, 6.07) is 12.6. The van der Waals surface area contributed by atoms with Crippen molar-refractivity contribution in [3.63, 3.8) is 0 Å². The fourth-order valence-corrected chi connectivity index (χ4v) is 3.02. The van der Waals surface area contributed by atoms with Gasteiger partial charge in [-0.25, -0.2) is 13.6 Å². The highest BCUT2D eigenvalue weighted by Crippen LogP contribution is 2.30. The van der Waals surface area contributed by atoms with Gasteiger partial charge in [-0.1, -0.05) is 18.2 Å². The summed E-state index contributed by atoms with van der Waals surface area (Å²) < 4.78 is 33.5. The molecule has 0 aromatic heterocycles. The summed E-state index contributed by atoms with van der Waals surface area (Å²) in [6.45, 7) is 2.68. The average Bonchev–Trinajstić information content (AvgIpc) is 2.58. The highest BCUT2D eigenvalue weighted by molar-refractivity contribution is 7.89. The van der Waals surface area contributed by atoms with E-state index in [0.29, 0.717) is 13.2 Å². The van der Waals surface area contributed by atoms with Crippen LogP contribution in [0, 0.1) is 0 Å². The zero-order chi connectivity index (χ0) is 17.0. The lowest BCUT2D eigenvalue weighted by atomic mass is 10.1. The molecular weight excluding hydrogens is 364 g/mol. The molecule has 8 heteroatoms. The first kappa shape index (κ1) is 19.5. The van der Waals surface area contributed by atoms with Crippen LogP contribution in [-0.2, 0) is 23.0 Å². The molecule has 1 aliphatic heterocycles. The molecule has 3 N–H and O–H groups in total. The zero-order valence-electron chi connectivity index (χ0n) is 13.6. The average molecular weight is 385 g/mol. The molecule has 25 heavy (non-hydrogen) atoms. The van der Waals surface area contributed by atoms with E-state index in [9.17, 15) is 8.42 Å². The van der Waals surface area contributed by atoms with E-state index in [1.165, 1.54) is 12.1 Å². The minimum absolute atomic E-state index is 0. The monoisotopic (exact) mass is 384 g/mol. The predicted molar refractivity (Wildman–Crippen MR) is 97.9 cm³/mol. The number of fused-ring (bicyclic) bond motifs is 1. The van der Waals surface area contributed by atoms with E-state index >= 15 is 0 Å². The van der Waals surface area contributed by atoms with Crippen molar-refractivity contribution in [3.05, 3.63) is 53.6 Å². The second-order valence-corrected chi connectivity index (χ2v) is 7.16. The lowest BCUT2D eigenvalue weighted by Crippen LogP contribution is -2.18. The van der Waals surface area contributed by atoms with Crippen molar-refractivity contribution in [3.8, 4) is 11.5 Å². The summed E-state index contributed by atoms with van der Waals surface area (Å²) in [5.41, 5.74) is 2.18. The van der Waals surface area contributed by atoms with Crippen molar-refractivity contribution in [2.75, 3.05) is 19.8 Å². The van der Waals surface area contributed by atoms with E-state index in [2.05, 4.69) is 5.32 Å². The lowest BCUT2D eigenvalue weighted by molar-refractivity contribution is 0.171. The normalized spacial score (nSPS) is 13.2. The van der Waals surface area contributed by atoms with Gasteiger partial charge in [-0.15, -0.1) is 12.4 Å². The number of nitrogens with one attached hydrogen (secondary N) is 1. The maximum absolute atomic E-state index is 11.2. The van der Waals surface area contributed by atoms with Crippen LogP contribution < -0.4 is 19.9 Å². The van der Waals surface area contributed by atoms with Crippen LogP contribution in [0.1, 0.15) is 11.1 Å². The Kier molecular flexibility index (Phi) is 6.66. The first-order chi connectivity index (χ1) is 11.5. The van der Waals surface area contributed by atoms with Gasteiger partial charge in [0, 0.05) is 6.54 Å². The molecule has 0 atom stereocenters. The van der Waals surface area contributed by atoms with Crippen LogP contribution in [0.15, 0.2) is 47.4 Å². The fourth-order valence-electron chi connectivity index (χ4n) is 2.51. The smallest absolute Gasteiger partial charge is 0.238 e. The maximum atomic E-state index is 11.2. The number of benzene rings is 2. The number of rotatable bonds is 6. The molecule has 0 spiro atoms. The van der Waals surface area contributed by atoms with E-state index in [1.54, 1.807) is 12.1 Å². The highest BCUT2D eigenvalue weighted by atomic mass is 35.5. The number of hydrogen-bond acceptors (Lipinski definition) is 5. The van der Waals surface area contributed by atoms with Crippen LogP contribution in [0.25, 0.3) is 0 Å². The Morgan fingerprint density at radius 3 is 2.28 bits per heavy atom. The van der Waals surface area contributed by atoms with E-state index in [1.807, 2.05) is 18.2 Å². The van der Waals surface area contributed by atoms with Gasteiger partial charge in [-0.3, -0.25) is 0 Å². The quantitative estimate of drug-likeness (QED) is 0.742. The van der Waals surface area contributed by atoms with Crippen molar-refractivity contribution >= 4 is 22.4 Å². The molecule has 0 saturated heterocycles. The lowest BCUT2D eigenvalue weighted by Gasteiger charge is -2.19. The van der Waals surface area contributed by atoms with Crippen LogP contribution in [0.2, 0.25) is 0 Å². The van der Waals surface area contributed by atoms with Crippen LogP contribution >= 0.6 is 12.4 Å². The minimum atomic E-state index is -3.63. The third kappa shape index (κ3) is 5.34. The Morgan fingerprint density at radius 2 is 1.60 bits per heavy atom. The van der Waals surface area contributed by atoms with Gasteiger partial charge in [0.25, 0.3) is 0 Å². The molecule has 0 aliphatic carbocycles. The first-order valence-electron chi connectivity index (χ1n) is 7.73. The van der Waals surface area contributed by atoms with Crippen LogP contribution in [0.3, 0.4) is 0 Å². The van der Waals surface area contributed by atoms with Crippen LogP contribution in [0.5, 0.6) is 11.5 Å². The Labute approximate surface area is 153 Å².